The van der Waals surface area contributed by atoms with Crippen molar-refractivity contribution in [3.05, 3.63) is 11.9 Å². The fourth-order valence-electron chi connectivity index (χ4n) is 4.91. The van der Waals surface area contributed by atoms with E-state index in [9.17, 15) is 14.7 Å². The second kappa shape index (κ2) is 9.32. The Kier molecular flexibility index (Phi) is 6.55. The van der Waals surface area contributed by atoms with E-state index < -0.39 is 5.60 Å². The number of rotatable bonds is 5. The van der Waals surface area contributed by atoms with Crippen LogP contribution < -0.4 is 10.6 Å². The van der Waals surface area contributed by atoms with Crippen LogP contribution >= 0.6 is 0 Å². The fourth-order valence-corrected chi connectivity index (χ4v) is 4.91. The molecule has 0 radical (unpaired) electrons. The van der Waals surface area contributed by atoms with Crippen LogP contribution in [0.1, 0.15) is 81.1 Å². The van der Waals surface area contributed by atoms with Crippen LogP contribution in [0.5, 0.6) is 0 Å². The largest absolute Gasteiger partial charge is 0.388 e. The van der Waals surface area contributed by atoms with Crippen molar-refractivity contribution in [2.24, 2.45) is 0 Å². The van der Waals surface area contributed by atoms with Crippen LogP contribution in [0, 0.1) is 0 Å². The molecule has 1 saturated heterocycles. The van der Waals surface area contributed by atoms with Gasteiger partial charge in [0.25, 0.3) is 5.91 Å². The van der Waals surface area contributed by atoms with E-state index in [-0.39, 0.29) is 36.3 Å². The topological polar surface area (TPSA) is 112 Å². The molecule has 30 heavy (non-hydrogen) atoms. The summed E-state index contributed by atoms with van der Waals surface area (Å²) >= 11 is 0. The molecular weight excluding hydrogens is 384 g/mol. The lowest BCUT2D eigenvalue weighted by Crippen LogP contribution is -2.53. The van der Waals surface area contributed by atoms with Crippen molar-refractivity contribution in [2.45, 2.75) is 94.9 Å². The predicted octanol–water partition coefficient (Wildman–Crippen LogP) is 1.82. The normalized spacial score (nSPS) is 22.8. The summed E-state index contributed by atoms with van der Waals surface area (Å²) in [5.74, 6) is -0.200. The molecule has 4 rings (SSSR count). The number of nitrogens with zero attached hydrogens (tertiary/aromatic N) is 4. The maximum absolute atomic E-state index is 12.5. The Morgan fingerprint density at radius 1 is 1.00 bits per heavy atom. The smallest absolute Gasteiger partial charge is 0.317 e. The van der Waals surface area contributed by atoms with E-state index in [4.69, 9.17) is 0 Å². The third-order valence-corrected chi connectivity index (χ3v) is 6.83. The van der Waals surface area contributed by atoms with Gasteiger partial charge in [-0.05, 0) is 38.5 Å². The second-order valence-corrected chi connectivity index (χ2v) is 9.25. The first-order valence-corrected chi connectivity index (χ1v) is 11.5. The van der Waals surface area contributed by atoms with Crippen LogP contribution in [-0.4, -0.2) is 67.7 Å². The van der Waals surface area contributed by atoms with Gasteiger partial charge in [-0.3, -0.25) is 4.79 Å². The molecule has 0 atom stereocenters. The highest BCUT2D eigenvalue weighted by Crippen LogP contribution is 2.25. The number of nitrogens with one attached hydrogen (secondary N) is 2. The van der Waals surface area contributed by atoms with Crippen LogP contribution in [0.15, 0.2) is 6.20 Å². The van der Waals surface area contributed by atoms with E-state index in [2.05, 4.69) is 20.9 Å². The third-order valence-electron chi connectivity index (χ3n) is 6.83. The predicted molar refractivity (Wildman–Crippen MR) is 111 cm³/mol. The summed E-state index contributed by atoms with van der Waals surface area (Å²) in [5.41, 5.74) is -0.663. The first-order chi connectivity index (χ1) is 14.5. The molecule has 0 unspecified atom stereocenters. The average molecular weight is 419 g/mol. The molecule has 166 valence electrons. The molecule has 3 amide bonds. The number of urea groups is 1. The van der Waals surface area contributed by atoms with Crippen molar-refractivity contribution < 1.29 is 14.7 Å². The number of carbonyl (C=O) groups excluding carboxylic acids is 2. The van der Waals surface area contributed by atoms with E-state index in [0.717, 1.165) is 38.5 Å². The number of likely N-dealkylation sites (tertiary alicyclic amines) is 1. The first-order valence-electron chi connectivity index (χ1n) is 11.5. The van der Waals surface area contributed by atoms with Gasteiger partial charge in [0.1, 0.15) is 0 Å². The Hall–Kier alpha value is -2.16. The van der Waals surface area contributed by atoms with E-state index in [1.54, 1.807) is 15.8 Å². The molecular formula is C21H34N6O3. The number of amides is 3. The summed E-state index contributed by atoms with van der Waals surface area (Å²) in [6, 6.07) is 0.502. The zero-order chi connectivity index (χ0) is 21.0. The molecule has 9 nitrogen and oxygen atoms in total. The minimum Gasteiger partial charge on any atom is -0.388 e. The van der Waals surface area contributed by atoms with Crippen molar-refractivity contribution in [3.8, 4) is 0 Å². The first kappa shape index (κ1) is 21.1. The van der Waals surface area contributed by atoms with E-state index in [1.807, 2.05) is 0 Å². The maximum atomic E-state index is 12.5. The summed E-state index contributed by atoms with van der Waals surface area (Å²) in [4.78, 5) is 26.6. The van der Waals surface area contributed by atoms with Gasteiger partial charge in [-0.2, -0.15) is 0 Å². The van der Waals surface area contributed by atoms with E-state index in [0.29, 0.717) is 25.9 Å². The third kappa shape index (κ3) is 5.30. The molecule has 2 heterocycles. The summed E-state index contributed by atoms with van der Waals surface area (Å²) < 4.78 is 1.54. The highest BCUT2D eigenvalue weighted by molar-refractivity contribution is 5.92. The van der Waals surface area contributed by atoms with Gasteiger partial charge < -0.3 is 20.6 Å². The monoisotopic (exact) mass is 418 g/mol. The Morgan fingerprint density at radius 3 is 2.27 bits per heavy atom. The molecule has 3 N–H and O–H groups in total. The highest BCUT2D eigenvalue weighted by atomic mass is 16.3. The van der Waals surface area contributed by atoms with Gasteiger partial charge in [0, 0.05) is 25.2 Å². The lowest BCUT2D eigenvalue weighted by Gasteiger charge is -2.38. The SMILES string of the molecule is O=C(NC1CCCC1)c1cn(CC2(O)CCN(C(=O)NC3CCCCC3)CC2)nn1. The molecule has 1 aliphatic heterocycles. The fraction of sp³-hybridized carbons (Fsp3) is 0.810. The summed E-state index contributed by atoms with van der Waals surface area (Å²) in [7, 11) is 0. The van der Waals surface area contributed by atoms with Gasteiger partial charge in [-0.15, -0.1) is 5.10 Å². The van der Waals surface area contributed by atoms with Gasteiger partial charge in [0.15, 0.2) is 5.69 Å². The maximum Gasteiger partial charge on any atom is 0.317 e. The van der Waals surface area contributed by atoms with Crippen molar-refractivity contribution in [2.75, 3.05) is 13.1 Å². The Balaban J connectivity index is 1.25. The Morgan fingerprint density at radius 2 is 1.60 bits per heavy atom. The minimum absolute atomic E-state index is 0.0180. The van der Waals surface area contributed by atoms with E-state index in [1.165, 1.54) is 19.3 Å². The molecule has 1 aromatic rings. The number of aliphatic hydroxyl groups is 1. The Bertz CT molecular complexity index is 731. The number of piperidine rings is 1. The number of aromatic nitrogens is 3. The summed E-state index contributed by atoms with van der Waals surface area (Å²) in [6.07, 6.45) is 12.7. The molecule has 2 saturated carbocycles. The number of hydrogen-bond donors (Lipinski definition) is 3. The molecule has 3 aliphatic rings. The van der Waals surface area contributed by atoms with Gasteiger partial charge in [0.2, 0.25) is 0 Å². The number of hydrogen-bond acceptors (Lipinski definition) is 5. The zero-order valence-electron chi connectivity index (χ0n) is 17.7. The molecule has 0 aromatic carbocycles. The average Bonchev–Trinajstić information content (AvgIpc) is 3.41. The van der Waals surface area contributed by atoms with Gasteiger partial charge in [0.05, 0.1) is 18.3 Å². The Labute approximate surface area is 177 Å². The summed E-state index contributed by atoms with van der Waals surface area (Å²) in [5, 5.41) is 25.1. The molecule has 0 bridgehead atoms. The zero-order valence-corrected chi connectivity index (χ0v) is 17.7. The molecule has 2 aliphatic carbocycles. The quantitative estimate of drug-likeness (QED) is 0.675. The number of carbonyl (C=O) groups is 2. The van der Waals surface area contributed by atoms with Crippen LogP contribution in [0.25, 0.3) is 0 Å². The highest BCUT2D eigenvalue weighted by Gasteiger charge is 2.35. The molecule has 0 spiro atoms. The van der Waals surface area contributed by atoms with Crippen LogP contribution in [-0.2, 0) is 6.54 Å². The van der Waals surface area contributed by atoms with E-state index >= 15 is 0 Å². The lowest BCUT2D eigenvalue weighted by molar-refractivity contribution is -0.0287. The van der Waals surface area contributed by atoms with Crippen LogP contribution in [0.3, 0.4) is 0 Å². The van der Waals surface area contributed by atoms with Crippen molar-refractivity contribution in [3.63, 3.8) is 0 Å². The lowest BCUT2D eigenvalue weighted by atomic mass is 9.91. The van der Waals surface area contributed by atoms with Gasteiger partial charge >= 0.3 is 6.03 Å². The van der Waals surface area contributed by atoms with Gasteiger partial charge in [-0.1, -0.05) is 37.3 Å². The van der Waals surface area contributed by atoms with Crippen molar-refractivity contribution >= 4 is 11.9 Å². The van der Waals surface area contributed by atoms with Crippen LogP contribution in [0.4, 0.5) is 4.79 Å². The van der Waals surface area contributed by atoms with Crippen molar-refractivity contribution in [1.82, 2.24) is 30.5 Å². The summed E-state index contributed by atoms with van der Waals surface area (Å²) in [6.45, 7) is 1.30. The van der Waals surface area contributed by atoms with Crippen LogP contribution in [0.2, 0.25) is 0 Å². The minimum atomic E-state index is -0.950. The second-order valence-electron chi connectivity index (χ2n) is 9.25. The molecule has 9 heteroatoms. The van der Waals surface area contributed by atoms with Gasteiger partial charge in [-0.25, -0.2) is 9.48 Å². The standard InChI is InChI=1S/C21H34N6O3/c28-19(22-16-8-4-5-9-16)18-14-27(25-24-18)15-21(30)10-12-26(13-11-21)20(29)23-17-6-2-1-3-7-17/h14,16-17,30H,1-13,15H2,(H,22,28)(H,23,29). The molecule has 1 aromatic heterocycles. The molecule has 3 fully saturated rings. The van der Waals surface area contributed by atoms with Crippen molar-refractivity contribution in [1.29, 1.82) is 0 Å².